The molecule has 8 nitrogen and oxygen atoms in total. The fourth-order valence-corrected chi connectivity index (χ4v) is 3.79. The van der Waals surface area contributed by atoms with Gasteiger partial charge in [-0.25, -0.2) is 4.79 Å². The fourth-order valence-electron chi connectivity index (χ4n) is 3.79. The number of fused-ring (bicyclic) bond motifs is 1. The topological polar surface area (TPSA) is 87.3 Å². The van der Waals surface area contributed by atoms with Gasteiger partial charge in [-0.2, -0.15) is 0 Å². The Morgan fingerprint density at radius 2 is 1.81 bits per heavy atom. The van der Waals surface area contributed by atoms with Crippen LogP contribution in [0.25, 0.3) is 0 Å². The number of carbonyl (C=O) groups excluding carboxylic acids is 1. The number of benzene rings is 2. The molecule has 2 aromatic rings. The molecule has 0 fully saturated rings. The van der Waals surface area contributed by atoms with E-state index < -0.39 is 0 Å². The summed E-state index contributed by atoms with van der Waals surface area (Å²) in [4.78, 5) is 12.8. The van der Waals surface area contributed by atoms with Crippen LogP contribution in [0.1, 0.15) is 44.1 Å². The van der Waals surface area contributed by atoms with Gasteiger partial charge >= 0.3 is 6.03 Å². The van der Waals surface area contributed by atoms with Gasteiger partial charge in [0.25, 0.3) is 0 Å². The number of hydrogen-bond donors (Lipinski definition) is 2. The molecule has 1 unspecified atom stereocenters. The van der Waals surface area contributed by atoms with E-state index in [1.165, 1.54) is 14.2 Å². The molecule has 2 aromatic carbocycles. The summed E-state index contributed by atoms with van der Waals surface area (Å²) in [6.07, 6.45) is 4.26. The van der Waals surface area contributed by atoms with Gasteiger partial charge in [0, 0.05) is 30.2 Å². The maximum atomic E-state index is 12.8. The molecule has 0 radical (unpaired) electrons. The highest BCUT2D eigenvalue weighted by Gasteiger charge is 2.24. The summed E-state index contributed by atoms with van der Waals surface area (Å²) in [7, 11) is 4.61. The molecule has 1 heterocycles. The van der Waals surface area contributed by atoms with E-state index in [1.807, 2.05) is 18.2 Å². The van der Waals surface area contributed by atoms with Gasteiger partial charge in [-0.15, -0.1) is 0 Å². The molecule has 0 saturated carbocycles. The molecule has 1 aliphatic heterocycles. The predicted octanol–water partition coefficient (Wildman–Crippen LogP) is 4.93. The smallest absolute Gasteiger partial charge is 0.319 e. The molecule has 0 saturated heterocycles. The average Bonchev–Trinajstić information content (AvgIpc) is 3.30. The van der Waals surface area contributed by atoms with Crippen molar-refractivity contribution in [1.29, 1.82) is 0 Å². The maximum absolute atomic E-state index is 12.8. The average molecular weight is 445 g/mol. The summed E-state index contributed by atoms with van der Waals surface area (Å²) in [5, 5.41) is 5.84. The first-order valence-corrected chi connectivity index (χ1v) is 10.8. The molecule has 0 spiro atoms. The number of hydrogen-bond acceptors (Lipinski definition) is 6. The molecule has 2 N–H and O–H groups in total. The number of amides is 2. The van der Waals surface area contributed by atoms with Crippen LogP contribution in [0.4, 0.5) is 10.5 Å². The van der Waals surface area contributed by atoms with Crippen molar-refractivity contribution in [3.05, 3.63) is 35.9 Å². The quantitative estimate of drug-likeness (QED) is 0.478. The third-order valence-electron chi connectivity index (χ3n) is 5.49. The molecule has 2 amide bonds. The van der Waals surface area contributed by atoms with Gasteiger partial charge < -0.3 is 34.3 Å². The molecule has 0 aromatic heterocycles. The minimum absolute atomic E-state index is 0.101. The van der Waals surface area contributed by atoms with Crippen molar-refractivity contribution < 1.29 is 28.5 Å². The SMILES string of the molecule is CCCCCC(CNC(=O)Nc1c(OC)cc(OC)cc1OC)c1cccc2c1OCO2. The van der Waals surface area contributed by atoms with Crippen LogP contribution in [0.5, 0.6) is 28.7 Å². The summed E-state index contributed by atoms with van der Waals surface area (Å²) in [5.41, 5.74) is 1.49. The Balaban J connectivity index is 1.73. The van der Waals surface area contributed by atoms with Crippen LogP contribution >= 0.6 is 0 Å². The Labute approximate surface area is 189 Å². The van der Waals surface area contributed by atoms with E-state index in [0.29, 0.717) is 29.5 Å². The summed E-state index contributed by atoms with van der Waals surface area (Å²) in [6.45, 7) is 2.85. The Kier molecular flexibility index (Phi) is 8.30. The molecule has 174 valence electrons. The van der Waals surface area contributed by atoms with Crippen LogP contribution in [-0.4, -0.2) is 40.7 Å². The minimum Gasteiger partial charge on any atom is -0.496 e. The number of nitrogens with one attached hydrogen (secondary N) is 2. The number of anilines is 1. The van der Waals surface area contributed by atoms with Crippen molar-refractivity contribution in [3.63, 3.8) is 0 Å². The second-order valence-electron chi connectivity index (χ2n) is 7.52. The van der Waals surface area contributed by atoms with Crippen molar-refractivity contribution in [2.75, 3.05) is 40.0 Å². The molecule has 1 aliphatic rings. The molecule has 1 atom stereocenters. The standard InChI is InChI=1S/C24H32N2O6/c1-5-6-7-9-16(18-10-8-11-19-23(18)32-15-31-19)14-25-24(27)26-22-20(29-3)12-17(28-2)13-21(22)30-4/h8,10-13,16H,5-7,9,14-15H2,1-4H3,(H2,25,26,27). The van der Waals surface area contributed by atoms with Crippen molar-refractivity contribution >= 4 is 11.7 Å². The second-order valence-corrected chi connectivity index (χ2v) is 7.52. The first-order valence-electron chi connectivity index (χ1n) is 10.8. The van der Waals surface area contributed by atoms with Gasteiger partial charge in [-0.05, 0) is 12.5 Å². The molecule has 0 aliphatic carbocycles. The highest BCUT2D eigenvalue weighted by Crippen LogP contribution is 2.41. The lowest BCUT2D eigenvalue weighted by molar-refractivity contribution is 0.173. The third kappa shape index (κ3) is 5.49. The number of carbonyl (C=O) groups is 1. The largest absolute Gasteiger partial charge is 0.496 e. The van der Waals surface area contributed by atoms with Gasteiger partial charge in [-0.1, -0.05) is 38.3 Å². The highest BCUT2D eigenvalue weighted by atomic mass is 16.7. The van der Waals surface area contributed by atoms with E-state index in [1.54, 1.807) is 19.2 Å². The van der Waals surface area contributed by atoms with E-state index in [9.17, 15) is 4.79 Å². The number of ether oxygens (including phenoxy) is 5. The summed E-state index contributed by atoms with van der Waals surface area (Å²) in [6, 6.07) is 8.93. The first-order chi connectivity index (χ1) is 15.6. The maximum Gasteiger partial charge on any atom is 0.319 e. The van der Waals surface area contributed by atoms with Gasteiger partial charge in [0.15, 0.2) is 11.5 Å². The zero-order chi connectivity index (χ0) is 22.9. The lowest BCUT2D eigenvalue weighted by atomic mass is 9.92. The summed E-state index contributed by atoms with van der Waals surface area (Å²) < 4.78 is 27.3. The summed E-state index contributed by atoms with van der Waals surface area (Å²) in [5.74, 6) is 3.09. The van der Waals surface area contributed by atoms with Gasteiger partial charge in [0.1, 0.15) is 22.9 Å². The normalized spacial score (nSPS) is 12.8. The molecule has 32 heavy (non-hydrogen) atoms. The molecule has 8 heteroatoms. The van der Waals surface area contributed by atoms with Crippen LogP contribution in [0.3, 0.4) is 0 Å². The van der Waals surface area contributed by atoms with E-state index in [-0.39, 0.29) is 18.7 Å². The Hall–Kier alpha value is -3.29. The molecular weight excluding hydrogens is 412 g/mol. The predicted molar refractivity (Wildman–Crippen MR) is 123 cm³/mol. The first kappa shape index (κ1) is 23.4. The van der Waals surface area contributed by atoms with Crippen molar-refractivity contribution in [2.24, 2.45) is 0 Å². The van der Waals surface area contributed by atoms with Crippen molar-refractivity contribution in [3.8, 4) is 28.7 Å². The Morgan fingerprint density at radius 3 is 2.47 bits per heavy atom. The van der Waals surface area contributed by atoms with E-state index in [4.69, 9.17) is 23.7 Å². The van der Waals surface area contributed by atoms with Crippen molar-refractivity contribution in [1.82, 2.24) is 5.32 Å². The number of urea groups is 1. The van der Waals surface area contributed by atoms with Crippen LogP contribution in [-0.2, 0) is 0 Å². The molecule has 0 bridgehead atoms. The third-order valence-corrected chi connectivity index (χ3v) is 5.49. The zero-order valence-electron chi connectivity index (χ0n) is 19.2. The monoisotopic (exact) mass is 444 g/mol. The van der Waals surface area contributed by atoms with Crippen LogP contribution in [0.2, 0.25) is 0 Å². The highest BCUT2D eigenvalue weighted by molar-refractivity contribution is 5.93. The van der Waals surface area contributed by atoms with Gasteiger partial charge in [0.05, 0.1) is 21.3 Å². The number of methoxy groups -OCH3 is 3. The van der Waals surface area contributed by atoms with E-state index in [2.05, 4.69) is 17.6 Å². The molecular formula is C24H32N2O6. The van der Waals surface area contributed by atoms with Crippen LogP contribution in [0, 0.1) is 0 Å². The summed E-state index contributed by atoms with van der Waals surface area (Å²) >= 11 is 0. The second kappa shape index (κ2) is 11.4. The minimum atomic E-state index is -0.350. The van der Waals surface area contributed by atoms with E-state index in [0.717, 1.165) is 42.7 Å². The van der Waals surface area contributed by atoms with Gasteiger partial charge in [0.2, 0.25) is 6.79 Å². The van der Waals surface area contributed by atoms with Crippen LogP contribution < -0.4 is 34.3 Å². The molecule has 3 rings (SSSR count). The fraction of sp³-hybridized carbons (Fsp3) is 0.458. The van der Waals surface area contributed by atoms with Crippen molar-refractivity contribution in [2.45, 2.75) is 38.5 Å². The Morgan fingerprint density at radius 1 is 1.06 bits per heavy atom. The Bertz CT molecular complexity index is 892. The van der Waals surface area contributed by atoms with Crippen LogP contribution in [0.15, 0.2) is 30.3 Å². The van der Waals surface area contributed by atoms with E-state index >= 15 is 0 Å². The van der Waals surface area contributed by atoms with Gasteiger partial charge in [-0.3, -0.25) is 0 Å². The number of rotatable bonds is 11. The lowest BCUT2D eigenvalue weighted by Gasteiger charge is -2.21. The lowest BCUT2D eigenvalue weighted by Crippen LogP contribution is -2.32. The number of para-hydroxylation sites is 1. The number of unbranched alkanes of at least 4 members (excludes halogenated alkanes) is 2. The zero-order valence-corrected chi connectivity index (χ0v) is 19.2.